The highest BCUT2D eigenvalue weighted by Gasteiger charge is 2.21. The van der Waals surface area contributed by atoms with E-state index in [1.165, 1.54) is 28.3 Å². The van der Waals surface area contributed by atoms with Crippen molar-refractivity contribution < 1.29 is 18.9 Å². The number of non-ortho nitro benzene ring substituents is 1. The van der Waals surface area contributed by atoms with Gasteiger partial charge in [-0.2, -0.15) is 0 Å². The van der Waals surface area contributed by atoms with Gasteiger partial charge in [0.2, 0.25) is 5.91 Å². The van der Waals surface area contributed by atoms with Crippen molar-refractivity contribution in [1.82, 2.24) is 14.4 Å². The number of piperazine rings is 1. The Hall–Kier alpha value is -3.66. The second-order valence-electron chi connectivity index (χ2n) is 8.35. The Bertz CT molecular complexity index is 1210. The van der Waals surface area contributed by atoms with Gasteiger partial charge in [0, 0.05) is 51.8 Å². The molecule has 2 aromatic carbocycles. The highest BCUT2D eigenvalue weighted by molar-refractivity contribution is 5.77. The van der Waals surface area contributed by atoms with Gasteiger partial charge in [-0.3, -0.25) is 24.4 Å². The first-order chi connectivity index (χ1) is 16.4. The van der Waals surface area contributed by atoms with Crippen molar-refractivity contribution in [2.75, 3.05) is 39.8 Å². The lowest BCUT2D eigenvalue weighted by Crippen LogP contribution is -2.49. The summed E-state index contributed by atoms with van der Waals surface area (Å²) < 4.78 is 11.7. The van der Waals surface area contributed by atoms with Crippen LogP contribution in [0.3, 0.4) is 0 Å². The van der Waals surface area contributed by atoms with E-state index in [4.69, 9.17) is 9.15 Å². The molecule has 3 aromatic rings. The molecule has 4 rings (SSSR count). The van der Waals surface area contributed by atoms with E-state index in [-0.39, 0.29) is 17.2 Å². The fourth-order valence-electron chi connectivity index (χ4n) is 4.23. The van der Waals surface area contributed by atoms with E-state index in [2.05, 4.69) is 17.0 Å². The van der Waals surface area contributed by atoms with Crippen molar-refractivity contribution in [3.63, 3.8) is 0 Å². The molecule has 1 aliphatic heterocycles. The normalized spacial score (nSPS) is 14.4. The van der Waals surface area contributed by atoms with Gasteiger partial charge in [0.1, 0.15) is 5.75 Å². The van der Waals surface area contributed by atoms with Crippen LogP contribution in [-0.2, 0) is 17.8 Å². The van der Waals surface area contributed by atoms with Crippen molar-refractivity contribution in [2.24, 2.45) is 0 Å². The standard InChI is InChI=1S/C24H28N4O6/c1-33-20-7-4-18(5-8-20)10-12-25-13-15-26(16-14-25)23(29)3-2-11-27-21-9-6-19(28(31)32)17-22(21)34-24(27)30/h4-9,17H,2-3,10-16H2,1H3. The molecule has 0 atom stereocenters. The Morgan fingerprint density at radius 2 is 1.82 bits per heavy atom. The number of fused-ring (bicyclic) bond motifs is 1. The molecule has 1 aliphatic rings. The third-order valence-corrected chi connectivity index (χ3v) is 6.24. The summed E-state index contributed by atoms with van der Waals surface area (Å²) >= 11 is 0. The maximum Gasteiger partial charge on any atom is 0.419 e. The molecule has 180 valence electrons. The number of aryl methyl sites for hydroxylation is 1. The molecule has 0 unspecified atom stereocenters. The number of benzene rings is 2. The third-order valence-electron chi connectivity index (χ3n) is 6.24. The average Bonchev–Trinajstić information content (AvgIpc) is 3.17. The van der Waals surface area contributed by atoms with Crippen molar-refractivity contribution in [1.29, 1.82) is 0 Å². The Morgan fingerprint density at radius 3 is 2.50 bits per heavy atom. The molecule has 2 heterocycles. The summed E-state index contributed by atoms with van der Waals surface area (Å²) in [6, 6.07) is 12.2. The number of methoxy groups -OCH3 is 1. The lowest BCUT2D eigenvalue weighted by molar-refractivity contribution is -0.384. The predicted octanol–water partition coefficient (Wildman–Crippen LogP) is 2.68. The topological polar surface area (TPSA) is 111 Å². The number of carbonyl (C=O) groups excluding carboxylic acids is 1. The van der Waals surface area contributed by atoms with E-state index in [0.29, 0.717) is 38.0 Å². The van der Waals surface area contributed by atoms with Gasteiger partial charge in [0.15, 0.2) is 5.58 Å². The summed E-state index contributed by atoms with van der Waals surface area (Å²) in [5, 5.41) is 10.9. The number of hydrogen-bond donors (Lipinski definition) is 0. The Labute approximate surface area is 196 Å². The van der Waals surface area contributed by atoms with E-state index in [1.807, 2.05) is 17.0 Å². The number of aromatic nitrogens is 1. The molecular formula is C24H28N4O6. The van der Waals surface area contributed by atoms with Gasteiger partial charge >= 0.3 is 5.76 Å². The molecule has 0 bridgehead atoms. The van der Waals surface area contributed by atoms with Crippen molar-refractivity contribution in [2.45, 2.75) is 25.8 Å². The van der Waals surface area contributed by atoms with Crippen LogP contribution in [0.4, 0.5) is 5.69 Å². The van der Waals surface area contributed by atoms with Crippen LogP contribution in [0, 0.1) is 10.1 Å². The number of nitrogens with zero attached hydrogens (tertiary/aromatic N) is 4. The van der Waals surface area contributed by atoms with E-state index < -0.39 is 10.7 Å². The van der Waals surface area contributed by atoms with Crippen molar-refractivity contribution >= 4 is 22.7 Å². The Balaban J connectivity index is 1.22. The molecule has 1 saturated heterocycles. The average molecular weight is 469 g/mol. The van der Waals surface area contributed by atoms with E-state index >= 15 is 0 Å². The molecule has 0 aliphatic carbocycles. The van der Waals surface area contributed by atoms with Gasteiger partial charge in [0.05, 0.1) is 23.6 Å². The fourth-order valence-corrected chi connectivity index (χ4v) is 4.23. The number of oxazole rings is 1. The van der Waals surface area contributed by atoms with E-state index in [1.54, 1.807) is 7.11 Å². The SMILES string of the molecule is COc1ccc(CCN2CCN(C(=O)CCCn3c(=O)oc4cc([N+](=O)[O-])ccc43)CC2)cc1. The zero-order chi connectivity index (χ0) is 24.1. The molecule has 10 nitrogen and oxygen atoms in total. The van der Waals surface area contributed by atoms with Crippen LogP contribution in [0.15, 0.2) is 51.7 Å². The summed E-state index contributed by atoms with van der Waals surface area (Å²) in [5.41, 5.74) is 1.80. The zero-order valence-electron chi connectivity index (χ0n) is 19.1. The maximum atomic E-state index is 12.7. The van der Waals surface area contributed by atoms with Gasteiger partial charge in [-0.15, -0.1) is 0 Å². The first-order valence-corrected chi connectivity index (χ1v) is 11.4. The quantitative estimate of drug-likeness (QED) is 0.351. The molecule has 0 saturated carbocycles. The minimum absolute atomic E-state index is 0.0753. The Morgan fingerprint density at radius 1 is 1.09 bits per heavy atom. The molecule has 10 heteroatoms. The van der Waals surface area contributed by atoms with Gasteiger partial charge in [-0.1, -0.05) is 12.1 Å². The number of nitro groups is 1. The van der Waals surface area contributed by atoms with Crippen molar-refractivity contribution in [3.8, 4) is 5.75 Å². The van der Waals surface area contributed by atoms with Crippen LogP contribution in [-0.4, -0.2) is 65.0 Å². The van der Waals surface area contributed by atoms with Crippen molar-refractivity contribution in [3.05, 3.63) is 68.7 Å². The first-order valence-electron chi connectivity index (χ1n) is 11.4. The molecule has 0 N–H and O–H groups in total. The summed E-state index contributed by atoms with van der Waals surface area (Å²) in [4.78, 5) is 39.4. The van der Waals surface area contributed by atoms with Gasteiger partial charge in [-0.05, 0) is 36.6 Å². The van der Waals surface area contributed by atoms with Crippen LogP contribution in [0.2, 0.25) is 0 Å². The minimum atomic E-state index is -0.576. The second kappa shape index (κ2) is 10.5. The monoisotopic (exact) mass is 468 g/mol. The van der Waals surface area contributed by atoms with Gasteiger partial charge < -0.3 is 14.1 Å². The molecule has 0 spiro atoms. The van der Waals surface area contributed by atoms with E-state index in [9.17, 15) is 19.7 Å². The van der Waals surface area contributed by atoms with E-state index in [0.717, 1.165) is 31.8 Å². The summed E-state index contributed by atoms with van der Waals surface area (Å²) in [6.07, 6.45) is 1.77. The predicted molar refractivity (Wildman–Crippen MR) is 126 cm³/mol. The largest absolute Gasteiger partial charge is 0.497 e. The molecule has 1 amide bonds. The van der Waals surface area contributed by atoms with Gasteiger partial charge in [0.25, 0.3) is 5.69 Å². The molecule has 0 radical (unpaired) electrons. The number of amides is 1. The molecular weight excluding hydrogens is 440 g/mol. The number of carbonyl (C=O) groups is 1. The first kappa shape index (κ1) is 23.5. The number of rotatable bonds is 9. The van der Waals surface area contributed by atoms with Gasteiger partial charge in [-0.25, -0.2) is 4.79 Å². The van der Waals surface area contributed by atoms with Crippen LogP contribution >= 0.6 is 0 Å². The summed E-state index contributed by atoms with van der Waals surface area (Å²) in [6.45, 7) is 4.33. The Kier molecular flexibility index (Phi) is 7.27. The molecule has 1 aromatic heterocycles. The lowest BCUT2D eigenvalue weighted by Gasteiger charge is -2.34. The fraction of sp³-hybridized carbons (Fsp3) is 0.417. The van der Waals surface area contributed by atoms with Crippen LogP contribution in [0.5, 0.6) is 5.75 Å². The highest BCUT2D eigenvalue weighted by Crippen LogP contribution is 2.20. The zero-order valence-corrected chi connectivity index (χ0v) is 19.1. The number of hydrogen-bond acceptors (Lipinski definition) is 7. The molecule has 34 heavy (non-hydrogen) atoms. The number of ether oxygens (including phenoxy) is 1. The van der Waals surface area contributed by atoms with Crippen LogP contribution in [0.25, 0.3) is 11.1 Å². The number of nitro benzene ring substituents is 1. The maximum absolute atomic E-state index is 12.7. The highest BCUT2D eigenvalue weighted by atomic mass is 16.6. The summed E-state index contributed by atoms with van der Waals surface area (Å²) in [7, 11) is 1.66. The summed E-state index contributed by atoms with van der Waals surface area (Å²) in [5.74, 6) is 0.352. The lowest BCUT2D eigenvalue weighted by atomic mass is 10.1. The minimum Gasteiger partial charge on any atom is -0.497 e. The van der Waals surface area contributed by atoms with Crippen LogP contribution < -0.4 is 10.5 Å². The molecule has 1 fully saturated rings. The smallest absolute Gasteiger partial charge is 0.419 e. The second-order valence-corrected chi connectivity index (χ2v) is 8.35. The third kappa shape index (κ3) is 5.45. The van der Waals surface area contributed by atoms with Crippen LogP contribution in [0.1, 0.15) is 18.4 Å².